The largest absolute Gasteiger partial charge is 0.493 e. The van der Waals surface area contributed by atoms with E-state index in [2.05, 4.69) is 10.3 Å². The SMILES string of the molecule is CCc1nc2ccc(F)c(F)c2n1-c1cccc(CNc2ccc3c(c2)OC[C@H]3CC(=O)O)c1C. The summed E-state index contributed by atoms with van der Waals surface area (Å²) in [4.78, 5) is 15.6. The third-order valence-electron chi connectivity index (χ3n) is 6.55. The van der Waals surface area contributed by atoms with Crippen molar-refractivity contribution in [2.45, 2.75) is 39.2 Å². The Bertz CT molecular complexity index is 1450. The molecule has 1 aromatic heterocycles. The van der Waals surface area contributed by atoms with Crippen LogP contribution in [0, 0.1) is 18.6 Å². The van der Waals surface area contributed by atoms with Crippen LogP contribution in [-0.2, 0) is 17.8 Å². The van der Waals surface area contributed by atoms with Gasteiger partial charge in [-0.3, -0.25) is 9.36 Å². The van der Waals surface area contributed by atoms with E-state index in [9.17, 15) is 13.6 Å². The minimum atomic E-state index is -0.906. The van der Waals surface area contributed by atoms with Gasteiger partial charge in [0.25, 0.3) is 0 Å². The van der Waals surface area contributed by atoms with Gasteiger partial charge in [0.2, 0.25) is 0 Å². The van der Waals surface area contributed by atoms with Crippen LogP contribution in [0.25, 0.3) is 16.7 Å². The number of benzene rings is 3. The molecule has 1 aliphatic rings. The number of hydrogen-bond donors (Lipinski definition) is 2. The van der Waals surface area contributed by atoms with Crippen molar-refractivity contribution in [1.82, 2.24) is 9.55 Å². The number of aryl methyl sites for hydroxylation is 1. The lowest BCUT2D eigenvalue weighted by Crippen LogP contribution is -2.08. The van der Waals surface area contributed by atoms with E-state index in [1.807, 2.05) is 50.2 Å². The lowest BCUT2D eigenvalue weighted by atomic mass is 9.98. The van der Waals surface area contributed by atoms with Gasteiger partial charge in [-0.15, -0.1) is 0 Å². The van der Waals surface area contributed by atoms with Gasteiger partial charge < -0.3 is 15.2 Å². The Morgan fingerprint density at radius 3 is 2.83 bits per heavy atom. The highest BCUT2D eigenvalue weighted by molar-refractivity contribution is 5.79. The molecule has 0 radical (unpaired) electrons. The molecule has 35 heavy (non-hydrogen) atoms. The van der Waals surface area contributed by atoms with Gasteiger partial charge in [-0.25, -0.2) is 13.8 Å². The Labute approximate surface area is 201 Å². The summed E-state index contributed by atoms with van der Waals surface area (Å²) in [6.45, 7) is 4.75. The van der Waals surface area contributed by atoms with Crippen molar-refractivity contribution in [1.29, 1.82) is 0 Å². The summed E-state index contributed by atoms with van der Waals surface area (Å²) in [5.74, 6) is -1.44. The van der Waals surface area contributed by atoms with E-state index in [0.29, 0.717) is 36.7 Å². The molecule has 4 aromatic rings. The first-order valence-electron chi connectivity index (χ1n) is 11.5. The maximum absolute atomic E-state index is 14.8. The molecule has 0 unspecified atom stereocenters. The Morgan fingerprint density at radius 1 is 1.23 bits per heavy atom. The molecule has 3 aromatic carbocycles. The van der Waals surface area contributed by atoms with E-state index in [0.717, 1.165) is 34.1 Å². The molecule has 0 saturated heterocycles. The molecule has 2 heterocycles. The number of nitrogens with zero attached hydrogens (tertiary/aromatic N) is 2. The number of fused-ring (bicyclic) bond motifs is 2. The van der Waals surface area contributed by atoms with E-state index in [-0.39, 0.29) is 17.9 Å². The maximum Gasteiger partial charge on any atom is 0.304 e. The van der Waals surface area contributed by atoms with Crippen LogP contribution in [0.2, 0.25) is 0 Å². The van der Waals surface area contributed by atoms with Crippen LogP contribution in [0.3, 0.4) is 0 Å². The minimum Gasteiger partial charge on any atom is -0.493 e. The van der Waals surface area contributed by atoms with E-state index >= 15 is 0 Å². The van der Waals surface area contributed by atoms with E-state index in [1.165, 1.54) is 6.07 Å². The van der Waals surface area contributed by atoms with Crippen molar-refractivity contribution >= 4 is 22.7 Å². The number of nitrogens with one attached hydrogen (secondary N) is 1. The van der Waals surface area contributed by atoms with Gasteiger partial charge in [-0.1, -0.05) is 25.1 Å². The van der Waals surface area contributed by atoms with Gasteiger partial charge in [0.1, 0.15) is 17.1 Å². The fourth-order valence-corrected chi connectivity index (χ4v) is 4.71. The van der Waals surface area contributed by atoms with Crippen LogP contribution < -0.4 is 10.1 Å². The number of hydrogen-bond acceptors (Lipinski definition) is 4. The third-order valence-corrected chi connectivity index (χ3v) is 6.55. The van der Waals surface area contributed by atoms with Gasteiger partial charge in [0.15, 0.2) is 11.6 Å². The summed E-state index contributed by atoms with van der Waals surface area (Å²) in [6.07, 6.45) is 0.606. The number of halogens is 2. The molecule has 5 rings (SSSR count). The van der Waals surface area contributed by atoms with Crippen LogP contribution in [0.5, 0.6) is 5.75 Å². The number of ether oxygens (including phenoxy) is 1. The first-order valence-corrected chi connectivity index (χ1v) is 11.5. The molecule has 0 amide bonds. The van der Waals surface area contributed by atoms with Crippen LogP contribution in [0.4, 0.5) is 14.5 Å². The highest BCUT2D eigenvalue weighted by Crippen LogP contribution is 2.38. The molecule has 1 atom stereocenters. The van der Waals surface area contributed by atoms with Gasteiger partial charge >= 0.3 is 5.97 Å². The van der Waals surface area contributed by atoms with Crippen LogP contribution in [0.1, 0.15) is 41.8 Å². The van der Waals surface area contributed by atoms with E-state index in [4.69, 9.17) is 9.84 Å². The molecular formula is C27H25F2N3O3. The second-order valence-electron chi connectivity index (χ2n) is 8.72. The Kier molecular flexibility index (Phi) is 5.88. The topological polar surface area (TPSA) is 76.4 Å². The zero-order chi connectivity index (χ0) is 24.7. The predicted octanol–water partition coefficient (Wildman–Crippen LogP) is 5.74. The van der Waals surface area contributed by atoms with E-state index < -0.39 is 17.6 Å². The number of carboxylic acids is 1. The van der Waals surface area contributed by atoms with Crippen LogP contribution in [0.15, 0.2) is 48.5 Å². The van der Waals surface area contributed by atoms with Crippen molar-refractivity contribution in [2.75, 3.05) is 11.9 Å². The smallest absolute Gasteiger partial charge is 0.304 e. The number of carbonyl (C=O) groups is 1. The third kappa shape index (κ3) is 4.09. The maximum atomic E-state index is 14.8. The van der Waals surface area contributed by atoms with Crippen molar-refractivity contribution in [3.05, 3.63) is 82.7 Å². The van der Waals surface area contributed by atoms with Gasteiger partial charge in [-0.2, -0.15) is 0 Å². The summed E-state index contributed by atoms with van der Waals surface area (Å²) < 4.78 is 36.3. The number of rotatable bonds is 7. The van der Waals surface area contributed by atoms with Gasteiger partial charge in [0.05, 0.1) is 24.2 Å². The molecule has 1 aliphatic heterocycles. The number of carboxylic acid groups (broad SMARTS) is 1. The number of imidazole rings is 1. The normalized spacial score (nSPS) is 14.7. The van der Waals surface area contributed by atoms with Crippen molar-refractivity contribution in [3.8, 4) is 11.4 Å². The Morgan fingerprint density at radius 2 is 2.06 bits per heavy atom. The molecule has 0 spiro atoms. The fourth-order valence-electron chi connectivity index (χ4n) is 4.71. The summed E-state index contributed by atoms with van der Waals surface area (Å²) in [5.41, 5.74) is 4.99. The zero-order valence-electron chi connectivity index (χ0n) is 19.4. The molecule has 0 bridgehead atoms. The Balaban J connectivity index is 1.44. The summed E-state index contributed by atoms with van der Waals surface area (Å²) in [5, 5.41) is 12.5. The van der Waals surface area contributed by atoms with Crippen molar-refractivity contribution in [3.63, 3.8) is 0 Å². The van der Waals surface area contributed by atoms with Crippen LogP contribution in [-0.4, -0.2) is 27.2 Å². The summed E-state index contributed by atoms with van der Waals surface area (Å²) >= 11 is 0. The summed E-state index contributed by atoms with van der Waals surface area (Å²) in [6, 6.07) is 14.1. The highest BCUT2D eigenvalue weighted by Gasteiger charge is 2.26. The quantitative estimate of drug-likeness (QED) is 0.355. The summed E-state index contributed by atoms with van der Waals surface area (Å²) in [7, 11) is 0. The lowest BCUT2D eigenvalue weighted by molar-refractivity contribution is -0.137. The molecular weight excluding hydrogens is 452 g/mol. The molecule has 180 valence electrons. The van der Waals surface area contributed by atoms with Crippen molar-refractivity contribution < 1.29 is 23.4 Å². The van der Waals surface area contributed by atoms with Crippen molar-refractivity contribution in [2.24, 2.45) is 0 Å². The minimum absolute atomic E-state index is 0.0406. The molecule has 8 heteroatoms. The predicted molar refractivity (Wildman–Crippen MR) is 129 cm³/mol. The average Bonchev–Trinajstić information content (AvgIpc) is 3.41. The highest BCUT2D eigenvalue weighted by atomic mass is 19.2. The van der Waals surface area contributed by atoms with Gasteiger partial charge in [0, 0.05) is 36.2 Å². The second-order valence-corrected chi connectivity index (χ2v) is 8.72. The molecule has 0 fully saturated rings. The zero-order valence-corrected chi connectivity index (χ0v) is 19.4. The molecule has 0 aliphatic carbocycles. The van der Waals surface area contributed by atoms with E-state index in [1.54, 1.807) is 4.57 Å². The molecule has 2 N–H and O–H groups in total. The number of aromatic nitrogens is 2. The van der Waals surface area contributed by atoms with Gasteiger partial charge in [-0.05, 0) is 42.3 Å². The first-order chi connectivity index (χ1) is 16.9. The average molecular weight is 478 g/mol. The molecule has 0 saturated carbocycles. The fraction of sp³-hybridized carbons (Fsp3) is 0.259. The molecule has 6 nitrogen and oxygen atoms in total. The monoisotopic (exact) mass is 477 g/mol. The second kappa shape index (κ2) is 9.02. The number of anilines is 1. The Hall–Kier alpha value is -3.94. The van der Waals surface area contributed by atoms with Crippen LogP contribution >= 0.6 is 0 Å². The lowest BCUT2D eigenvalue weighted by Gasteiger charge is -2.16. The first kappa shape index (κ1) is 22.8. The standard InChI is InChI=1S/C27H25F2N3O3/c1-3-24-31-21-10-9-20(28)26(29)27(21)32(24)22-6-4-5-16(15(22)2)13-30-18-7-8-19-17(11-25(33)34)14-35-23(19)12-18/h4-10,12,17,30H,3,11,13-14H2,1-2H3,(H,33,34)/t17-/m1/s1. The number of aliphatic carboxylic acids is 1.